The SMILES string of the molecule is COc1ccc2nccc(CC[C@@H](CC[C@H]3CN(c4ccc5c(c4)OCCO5)C(=O)O3)CC(N)=O)c2n1. The number of pyridine rings is 2. The highest BCUT2D eigenvalue weighted by Crippen LogP contribution is 2.36. The molecule has 2 aliphatic heterocycles. The van der Waals surface area contributed by atoms with Crippen LogP contribution in [0.4, 0.5) is 10.5 Å². The number of primary amides is 1. The number of aryl methyl sites for hydroxylation is 1. The number of methoxy groups -OCH3 is 1. The molecule has 194 valence electrons. The van der Waals surface area contributed by atoms with E-state index in [0.29, 0.717) is 62.1 Å². The lowest BCUT2D eigenvalue weighted by atomic mass is 9.90. The fraction of sp³-hybridized carbons (Fsp3) is 0.407. The van der Waals surface area contributed by atoms with Gasteiger partial charge in [-0.1, -0.05) is 0 Å². The Balaban J connectivity index is 1.21. The summed E-state index contributed by atoms with van der Waals surface area (Å²) in [5.74, 6) is 1.53. The second kappa shape index (κ2) is 10.9. The number of amides is 2. The van der Waals surface area contributed by atoms with Crippen molar-refractivity contribution in [3.8, 4) is 17.4 Å². The van der Waals surface area contributed by atoms with Crippen molar-refractivity contribution in [2.45, 2.75) is 38.2 Å². The van der Waals surface area contributed by atoms with E-state index in [0.717, 1.165) is 23.0 Å². The molecule has 2 aliphatic rings. The zero-order chi connectivity index (χ0) is 25.8. The van der Waals surface area contributed by atoms with Crippen LogP contribution in [-0.4, -0.2) is 54.9 Å². The van der Waals surface area contributed by atoms with Crippen molar-refractivity contribution in [3.63, 3.8) is 0 Å². The number of fused-ring (bicyclic) bond motifs is 2. The number of carbonyl (C=O) groups is 2. The minimum Gasteiger partial charge on any atom is -0.486 e. The number of ether oxygens (including phenoxy) is 4. The average molecular weight is 507 g/mol. The fourth-order valence-electron chi connectivity index (χ4n) is 4.87. The van der Waals surface area contributed by atoms with E-state index in [1.54, 1.807) is 36.4 Å². The van der Waals surface area contributed by atoms with E-state index in [1.165, 1.54) is 0 Å². The molecule has 3 aromatic rings. The Morgan fingerprint density at radius 2 is 2.00 bits per heavy atom. The maximum atomic E-state index is 12.6. The molecule has 0 spiro atoms. The number of cyclic esters (lactones) is 1. The number of hydrogen-bond donors (Lipinski definition) is 1. The number of nitrogens with zero attached hydrogens (tertiary/aromatic N) is 3. The number of anilines is 1. The molecule has 0 bridgehead atoms. The van der Waals surface area contributed by atoms with E-state index >= 15 is 0 Å². The Hall–Kier alpha value is -4.08. The van der Waals surface area contributed by atoms with Crippen molar-refractivity contribution < 1.29 is 28.5 Å². The fourth-order valence-corrected chi connectivity index (χ4v) is 4.87. The van der Waals surface area contributed by atoms with Gasteiger partial charge in [0.25, 0.3) is 0 Å². The molecular formula is C27H30N4O6. The second-order valence-electron chi connectivity index (χ2n) is 9.29. The molecule has 1 fully saturated rings. The Labute approximate surface area is 214 Å². The first kappa shape index (κ1) is 24.6. The maximum Gasteiger partial charge on any atom is 0.414 e. The third kappa shape index (κ3) is 5.68. The summed E-state index contributed by atoms with van der Waals surface area (Å²) in [4.78, 5) is 34.9. The average Bonchev–Trinajstić information content (AvgIpc) is 3.29. The molecule has 10 nitrogen and oxygen atoms in total. The number of aromatic nitrogens is 2. The smallest absolute Gasteiger partial charge is 0.414 e. The topological polar surface area (TPSA) is 126 Å². The van der Waals surface area contributed by atoms with Crippen LogP contribution >= 0.6 is 0 Å². The number of rotatable bonds is 10. The minimum atomic E-state index is -0.392. The predicted molar refractivity (Wildman–Crippen MR) is 136 cm³/mol. The van der Waals surface area contributed by atoms with Crippen LogP contribution in [-0.2, 0) is 16.0 Å². The van der Waals surface area contributed by atoms with E-state index in [-0.39, 0.29) is 24.3 Å². The minimum absolute atomic E-state index is 0.0494. The maximum absolute atomic E-state index is 12.6. The first-order valence-electron chi connectivity index (χ1n) is 12.4. The van der Waals surface area contributed by atoms with Gasteiger partial charge in [-0.3, -0.25) is 14.7 Å². The normalized spacial score (nSPS) is 17.5. The van der Waals surface area contributed by atoms with Crippen LogP contribution in [0.25, 0.3) is 11.0 Å². The van der Waals surface area contributed by atoms with E-state index < -0.39 is 6.09 Å². The Morgan fingerprint density at radius 3 is 2.81 bits per heavy atom. The zero-order valence-electron chi connectivity index (χ0n) is 20.7. The second-order valence-corrected chi connectivity index (χ2v) is 9.29. The van der Waals surface area contributed by atoms with Crippen molar-refractivity contribution in [2.75, 3.05) is 31.8 Å². The molecule has 10 heteroatoms. The molecule has 5 rings (SSSR count). The molecule has 2 atom stereocenters. The van der Waals surface area contributed by atoms with E-state index in [9.17, 15) is 9.59 Å². The van der Waals surface area contributed by atoms with Gasteiger partial charge in [-0.25, -0.2) is 9.78 Å². The van der Waals surface area contributed by atoms with E-state index in [1.807, 2.05) is 18.2 Å². The summed E-state index contributed by atoms with van der Waals surface area (Å²) in [5, 5.41) is 0. The van der Waals surface area contributed by atoms with Crippen LogP contribution in [0.5, 0.6) is 17.4 Å². The summed E-state index contributed by atoms with van der Waals surface area (Å²) in [6, 6.07) is 11.0. The van der Waals surface area contributed by atoms with Gasteiger partial charge in [-0.15, -0.1) is 0 Å². The lowest BCUT2D eigenvalue weighted by molar-refractivity contribution is -0.119. The Kier molecular flexibility index (Phi) is 7.25. The zero-order valence-corrected chi connectivity index (χ0v) is 20.7. The number of hydrogen-bond acceptors (Lipinski definition) is 8. The summed E-state index contributed by atoms with van der Waals surface area (Å²) in [6.07, 6.45) is 4.16. The highest BCUT2D eigenvalue weighted by Gasteiger charge is 2.33. The van der Waals surface area contributed by atoms with Gasteiger partial charge < -0.3 is 24.7 Å². The van der Waals surface area contributed by atoms with Gasteiger partial charge in [0.2, 0.25) is 11.8 Å². The number of carbonyl (C=O) groups excluding carboxylic acids is 2. The Bertz CT molecular complexity index is 1300. The van der Waals surface area contributed by atoms with Crippen molar-refractivity contribution >= 4 is 28.7 Å². The van der Waals surface area contributed by atoms with Crippen molar-refractivity contribution in [1.29, 1.82) is 0 Å². The highest BCUT2D eigenvalue weighted by atomic mass is 16.6. The quantitative estimate of drug-likeness (QED) is 0.442. The van der Waals surface area contributed by atoms with Crippen LogP contribution < -0.4 is 24.8 Å². The molecule has 2 aromatic heterocycles. The van der Waals surface area contributed by atoms with Crippen LogP contribution in [0.3, 0.4) is 0 Å². The molecule has 0 aliphatic carbocycles. The number of benzene rings is 1. The molecule has 2 amide bonds. The van der Waals surface area contributed by atoms with Gasteiger partial charge in [-0.2, -0.15) is 0 Å². The summed E-state index contributed by atoms with van der Waals surface area (Å²) in [7, 11) is 1.58. The molecule has 0 radical (unpaired) electrons. The monoisotopic (exact) mass is 506 g/mol. The van der Waals surface area contributed by atoms with Crippen LogP contribution in [0.15, 0.2) is 42.6 Å². The standard InChI is InChI=1S/C27H30N4O6/c1-34-25-9-7-21-26(30-25)18(10-11-29-21)4-2-17(14-24(28)32)3-6-20-16-31(27(33)37-20)19-5-8-22-23(15-19)36-13-12-35-22/h5,7-11,15,17,20H,2-4,6,12-14,16H2,1H3,(H2,28,32)/t17-,20-/m0/s1. The lowest BCUT2D eigenvalue weighted by Crippen LogP contribution is -2.25. The third-order valence-corrected chi connectivity index (χ3v) is 6.77. The molecule has 0 saturated carbocycles. The lowest BCUT2D eigenvalue weighted by Gasteiger charge is -2.21. The van der Waals surface area contributed by atoms with Crippen LogP contribution in [0.1, 0.15) is 31.2 Å². The Morgan fingerprint density at radius 1 is 1.16 bits per heavy atom. The molecule has 2 N–H and O–H groups in total. The largest absolute Gasteiger partial charge is 0.486 e. The van der Waals surface area contributed by atoms with Crippen LogP contribution in [0.2, 0.25) is 0 Å². The van der Waals surface area contributed by atoms with Crippen molar-refractivity contribution in [3.05, 3.63) is 48.2 Å². The molecule has 37 heavy (non-hydrogen) atoms. The molecule has 4 heterocycles. The summed E-state index contributed by atoms with van der Waals surface area (Å²) < 4.78 is 22.1. The summed E-state index contributed by atoms with van der Waals surface area (Å²) >= 11 is 0. The van der Waals surface area contributed by atoms with E-state index in [4.69, 9.17) is 24.7 Å². The first-order chi connectivity index (χ1) is 18.0. The molecule has 0 unspecified atom stereocenters. The highest BCUT2D eigenvalue weighted by molar-refractivity contribution is 5.90. The van der Waals surface area contributed by atoms with Gasteiger partial charge >= 0.3 is 6.09 Å². The predicted octanol–water partition coefficient (Wildman–Crippen LogP) is 3.64. The van der Waals surface area contributed by atoms with Crippen molar-refractivity contribution in [2.24, 2.45) is 11.7 Å². The summed E-state index contributed by atoms with van der Waals surface area (Å²) in [5.41, 5.74) is 8.89. The molecule has 1 aromatic carbocycles. The van der Waals surface area contributed by atoms with Gasteiger partial charge in [0.15, 0.2) is 11.5 Å². The number of nitrogens with two attached hydrogens (primary N) is 1. The van der Waals surface area contributed by atoms with Crippen LogP contribution in [0, 0.1) is 5.92 Å². The van der Waals surface area contributed by atoms with Gasteiger partial charge in [0.05, 0.1) is 30.4 Å². The first-order valence-corrected chi connectivity index (χ1v) is 12.4. The van der Waals surface area contributed by atoms with Gasteiger partial charge in [0.1, 0.15) is 19.3 Å². The van der Waals surface area contributed by atoms with E-state index in [2.05, 4.69) is 9.97 Å². The van der Waals surface area contributed by atoms with Gasteiger partial charge in [0, 0.05) is 24.8 Å². The van der Waals surface area contributed by atoms with Gasteiger partial charge in [-0.05, 0) is 61.4 Å². The molecule has 1 saturated heterocycles. The third-order valence-electron chi connectivity index (χ3n) is 6.77. The summed E-state index contributed by atoms with van der Waals surface area (Å²) in [6.45, 7) is 1.42. The molecular weight excluding hydrogens is 476 g/mol. The van der Waals surface area contributed by atoms with Crippen molar-refractivity contribution in [1.82, 2.24) is 9.97 Å².